The van der Waals surface area contributed by atoms with Gasteiger partial charge in [0.15, 0.2) is 5.78 Å². The molecule has 1 aliphatic rings. The van der Waals surface area contributed by atoms with Gasteiger partial charge in [-0.25, -0.2) is 4.39 Å². The molecule has 0 saturated carbocycles. The molecular weight excluding hydrogens is 253 g/mol. The van der Waals surface area contributed by atoms with Gasteiger partial charge in [0.1, 0.15) is 5.82 Å². The lowest BCUT2D eigenvalue weighted by Gasteiger charge is -2.21. The maximum absolute atomic E-state index is 14.1. The van der Waals surface area contributed by atoms with E-state index in [0.717, 1.165) is 44.3 Å². The molecule has 1 aliphatic heterocycles. The first-order chi connectivity index (χ1) is 9.58. The normalized spacial score (nSPS) is 16.6. The number of carbonyl (C=O) groups excluding carboxylic acids is 1. The van der Waals surface area contributed by atoms with Gasteiger partial charge < -0.3 is 5.32 Å². The number of hydrogen-bond donors (Lipinski definition) is 1. The van der Waals surface area contributed by atoms with Crippen LogP contribution in [0.25, 0.3) is 0 Å². The van der Waals surface area contributed by atoms with E-state index in [9.17, 15) is 9.18 Å². The maximum Gasteiger partial charge on any atom is 0.166 e. The molecule has 3 heteroatoms. The van der Waals surface area contributed by atoms with Gasteiger partial charge in [-0.15, -0.1) is 0 Å². The molecule has 0 unspecified atom stereocenters. The standard InChI is InChI=1S/C17H24FNO/c1-12(2)3-4-13-5-6-15(11-16(13)18)17(20)14-7-9-19-10-8-14/h5-6,11-12,14,19H,3-4,7-10H2,1-2H3. The zero-order valence-electron chi connectivity index (χ0n) is 12.4. The third kappa shape index (κ3) is 3.89. The van der Waals surface area contributed by atoms with Crippen LogP contribution in [-0.4, -0.2) is 18.9 Å². The quantitative estimate of drug-likeness (QED) is 0.833. The SMILES string of the molecule is CC(C)CCc1ccc(C(=O)C2CCNCC2)cc1F. The summed E-state index contributed by atoms with van der Waals surface area (Å²) in [6, 6.07) is 5.01. The van der Waals surface area contributed by atoms with Crippen LogP contribution in [0, 0.1) is 17.7 Å². The molecule has 1 fully saturated rings. The summed E-state index contributed by atoms with van der Waals surface area (Å²) >= 11 is 0. The van der Waals surface area contributed by atoms with Gasteiger partial charge in [-0.3, -0.25) is 4.79 Å². The van der Waals surface area contributed by atoms with Crippen LogP contribution >= 0.6 is 0 Å². The average Bonchev–Trinajstić information content (AvgIpc) is 2.46. The summed E-state index contributed by atoms with van der Waals surface area (Å²) in [5, 5.41) is 3.24. The van der Waals surface area contributed by atoms with E-state index >= 15 is 0 Å². The Morgan fingerprint density at radius 1 is 1.35 bits per heavy atom. The van der Waals surface area contributed by atoms with E-state index in [1.54, 1.807) is 12.1 Å². The fraction of sp³-hybridized carbons (Fsp3) is 0.588. The van der Waals surface area contributed by atoms with E-state index in [4.69, 9.17) is 0 Å². The maximum atomic E-state index is 14.1. The molecule has 0 radical (unpaired) electrons. The topological polar surface area (TPSA) is 29.1 Å². The van der Waals surface area contributed by atoms with Crippen LogP contribution in [0.5, 0.6) is 0 Å². The van der Waals surface area contributed by atoms with Gasteiger partial charge in [0.25, 0.3) is 0 Å². The summed E-state index contributed by atoms with van der Waals surface area (Å²) in [7, 11) is 0. The second-order valence-electron chi connectivity index (χ2n) is 6.13. The van der Waals surface area contributed by atoms with Gasteiger partial charge in [-0.05, 0) is 56.3 Å². The molecule has 110 valence electrons. The number of piperidine rings is 1. The molecule has 0 atom stereocenters. The van der Waals surface area contributed by atoms with Crippen molar-refractivity contribution in [3.8, 4) is 0 Å². The summed E-state index contributed by atoms with van der Waals surface area (Å²) in [6.07, 6.45) is 3.43. The Morgan fingerprint density at radius 2 is 2.05 bits per heavy atom. The highest BCUT2D eigenvalue weighted by molar-refractivity contribution is 5.98. The average molecular weight is 277 g/mol. The number of halogens is 1. The van der Waals surface area contributed by atoms with Crippen LogP contribution in [0.1, 0.15) is 49.0 Å². The predicted octanol–water partition coefficient (Wildman–Crippen LogP) is 3.60. The van der Waals surface area contributed by atoms with Crippen molar-refractivity contribution in [1.82, 2.24) is 5.32 Å². The number of Topliss-reactive ketones (excluding diaryl/α,β-unsaturated/α-hetero) is 1. The van der Waals surface area contributed by atoms with E-state index < -0.39 is 0 Å². The number of aryl methyl sites for hydroxylation is 1. The second-order valence-corrected chi connectivity index (χ2v) is 6.13. The lowest BCUT2D eigenvalue weighted by molar-refractivity contribution is 0.0894. The zero-order valence-corrected chi connectivity index (χ0v) is 12.4. The number of benzene rings is 1. The lowest BCUT2D eigenvalue weighted by atomic mass is 9.89. The fourth-order valence-electron chi connectivity index (χ4n) is 2.67. The van der Waals surface area contributed by atoms with Gasteiger partial charge in [0.2, 0.25) is 0 Å². The smallest absolute Gasteiger partial charge is 0.166 e. The minimum Gasteiger partial charge on any atom is -0.317 e. The first-order valence-electron chi connectivity index (χ1n) is 7.61. The summed E-state index contributed by atoms with van der Waals surface area (Å²) in [4.78, 5) is 12.3. The largest absolute Gasteiger partial charge is 0.317 e. The molecule has 1 heterocycles. The van der Waals surface area contributed by atoms with E-state index in [0.29, 0.717) is 11.5 Å². The van der Waals surface area contributed by atoms with Crippen molar-refractivity contribution < 1.29 is 9.18 Å². The molecule has 0 aromatic heterocycles. The fourth-order valence-corrected chi connectivity index (χ4v) is 2.67. The van der Waals surface area contributed by atoms with Crippen molar-refractivity contribution in [3.05, 3.63) is 35.1 Å². The Hall–Kier alpha value is -1.22. The number of rotatable bonds is 5. The highest BCUT2D eigenvalue weighted by Crippen LogP contribution is 2.21. The Labute approximate surface area is 120 Å². The Kier molecular flexibility index (Phi) is 5.30. The molecule has 1 aromatic carbocycles. The first kappa shape index (κ1) is 15.2. The lowest BCUT2D eigenvalue weighted by Crippen LogP contribution is -2.31. The van der Waals surface area contributed by atoms with Crippen LogP contribution in [0.2, 0.25) is 0 Å². The van der Waals surface area contributed by atoms with Crippen LogP contribution in [0.4, 0.5) is 4.39 Å². The highest BCUT2D eigenvalue weighted by atomic mass is 19.1. The minimum atomic E-state index is -0.231. The predicted molar refractivity (Wildman–Crippen MR) is 79.5 cm³/mol. The summed E-state index contributed by atoms with van der Waals surface area (Å²) in [5.74, 6) is 0.480. The van der Waals surface area contributed by atoms with Gasteiger partial charge in [-0.2, -0.15) is 0 Å². The summed E-state index contributed by atoms with van der Waals surface area (Å²) in [5.41, 5.74) is 1.25. The van der Waals surface area contributed by atoms with Gasteiger partial charge in [0.05, 0.1) is 0 Å². The molecule has 0 bridgehead atoms. The highest BCUT2D eigenvalue weighted by Gasteiger charge is 2.22. The van der Waals surface area contributed by atoms with Crippen molar-refractivity contribution in [2.75, 3.05) is 13.1 Å². The number of ketones is 1. The molecule has 0 aliphatic carbocycles. The van der Waals surface area contributed by atoms with Gasteiger partial charge >= 0.3 is 0 Å². The molecule has 2 rings (SSSR count). The number of nitrogens with one attached hydrogen (secondary N) is 1. The van der Waals surface area contributed by atoms with Crippen molar-refractivity contribution in [2.24, 2.45) is 11.8 Å². The van der Waals surface area contributed by atoms with Crippen molar-refractivity contribution >= 4 is 5.78 Å². The van der Waals surface area contributed by atoms with Crippen molar-refractivity contribution in [3.63, 3.8) is 0 Å². The van der Waals surface area contributed by atoms with Gasteiger partial charge in [0, 0.05) is 11.5 Å². The van der Waals surface area contributed by atoms with Crippen LogP contribution in [0.3, 0.4) is 0 Å². The molecule has 1 aromatic rings. The number of carbonyl (C=O) groups is 1. The van der Waals surface area contributed by atoms with E-state index in [2.05, 4.69) is 19.2 Å². The summed E-state index contributed by atoms with van der Waals surface area (Å²) < 4.78 is 14.1. The zero-order chi connectivity index (χ0) is 14.5. The Bertz CT molecular complexity index is 464. The first-order valence-corrected chi connectivity index (χ1v) is 7.61. The minimum absolute atomic E-state index is 0.0529. The summed E-state index contributed by atoms with van der Waals surface area (Å²) in [6.45, 7) is 6.02. The molecular formula is C17H24FNO. The molecule has 0 amide bonds. The van der Waals surface area contributed by atoms with Crippen molar-refractivity contribution in [2.45, 2.75) is 39.5 Å². The van der Waals surface area contributed by atoms with Crippen LogP contribution < -0.4 is 5.32 Å². The molecule has 0 spiro atoms. The third-order valence-corrected chi connectivity index (χ3v) is 4.04. The second kappa shape index (κ2) is 6.98. The van der Waals surface area contributed by atoms with E-state index in [-0.39, 0.29) is 17.5 Å². The molecule has 1 N–H and O–H groups in total. The molecule has 1 saturated heterocycles. The number of hydrogen-bond acceptors (Lipinski definition) is 2. The van der Waals surface area contributed by atoms with Crippen LogP contribution in [-0.2, 0) is 6.42 Å². The molecule has 2 nitrogen and oxygen atoms in total. The Morgan fingerprint density at radius 3 is 2.65 bits per heavy atom. The third-order valence-electron chi connectivity index (χ3n) is 4.04. The monoisotopic (exact) mass is 277 g/mol. The van der Waals surface area contributed by atoms with Gasteiger partial charge in [-0.1, -0.05) is 26.0 Å². The Balaban J connectivity index is 2.05. The van der Waals surface area contributed by atoms with Crippen molar-refractivity contribution in [1.29, 1.82) is 0 Å². The molecule has 20 heavy (non-hydrogen) atoms. The van der Waals surface area contributed by atoms with Crippen LogP contribution in [0.15, 0.2) is 18.2 Å². The van der Waals surface area contributed by atoms with E-state index in [1.165, 1.54) is 6.07 Å². The van der Waals surface area contributed by atoms with E-state index in [1.807, 2.05) is 0 Å².